The molecule has 3 atom stereocenters. The van der Waals surface area contributed by atoms with Gasteiger partial charge in [-0.1, -0.05) is 19.3 Å². The SMILES string of the molecule is CC1CC(CN)CN1C(C)C(=O)NC1CCCCC1.Cl. The molecule has 0 aromatic carbocycles. The van der Waals surface area contributed by atoms with Crippen LogP contribution in [0.2, 0.25) is 0 Å². The van der Waals surface area contributed by atoms with Crippen LogP contribution < -0.4 is 11.1 Å². The third kappa shape index (κ3) is 4.34. The molecule has 0 spiro atoms. The van der Waals surface area contributed by atoms with Crippen LogP contribution in [0.15, 0.2) is 0 Å². The minimum absolute atomic E-state index is 0. The van der Waals surface area contributed by atoms with Crippen molar-refractivity contribution in [3.8, 4) is 0 Å². The third-order valence-electron chi connectivity index (χ3n) is 4.87. The van der Waals surface area contributed by atoms with Crippen LogP contribution in [0.4, 0.5) is 0 Å². The van der Waals surface area contributed by atoms with E-state index in [1.54, 1.807) is 0 Å². The maximum Gasteiger partial charge on any atom is 0.237 e. The van der Waals surface area contributed by atoms with Crippen LogP contribution in [-0.4, -0.2) is 42.0 Å². The largest absolute Gasteiger partial charge is 0.352 e. The molecule has 1 aliphatic heterocycles. The molecule has 4 nitrogen and oxygen atoms in total. The first-order chi connectivity index (χ1) is 9.11. The molecule has 3 unspecified atom stereocenters. The summed E-state index contributed by atoms with van der Waals surface area (Å²) in [7, 11) is 0. The summed E-state index contributed by atoms with van der Waals surface area (Å²) in [4.78, 5) is 14.7. The van der Waals surface area contributed by atoms with Crippen LogP contribution in [0.3, 0.4) is 0 Å². The van der Waals surface area contributed by atoms with Crippen molar-refractivity contribution in [2.24, 2.45) is 11.7 Å². The number of rotatable bonds is 4. The summed E-state index contributed by atoms with van der Waals surface area (Å²) in [5, 5.41) is 3.24. The Morgan fingerprint density at radius 3 is 2.55 bits per heavy atom. The Bertz CT molecular complexity index is 307. The van der Waals surface area contributed by atoms with Gasteiger partial charge >= 0.3 is 0 Å². The second kappa shape index (κ2) is 8.20. The molecule has 118 valence electrons. The zero-order valence-corrected chi connectivity index (χ0v) is 13.6. The number of carbonyl (C=O) groups is 1. The lowest BCUT2D eigenvalue weighted by Crippen LogP contribution is -2.49. The maximum atomic E-state index is 12.4. The average molecular weight is 304 g/mol. The van der Waals surface area contributed by atoms with Gasteiger partial charge in [0.15, 0.2) is 0 Å². The molecular formula is C15H30ClN3O. The lowest BCUT2D eigenvalue weighted by Gasteiger charge is -2.30. The monoisotopic (exact) mass is 303 g/mol. The molecule has 1 saturated heterocycles. The van der Waals surface area contributed by atoms with E-state index in [0.717, 1.165) is 32.4 Å². The third-order valence-corrected chi connectivity index (χ3v) is 4.87. The Labute approximate surface area is 129 Å². The number of likely N-dealkylation sites (tertiary alicyclic amines) is 1. The van der Waals surface area contributed by atoms with E-state index in [2.05, 4.69) is 17.1 Å². The van der Waals surface area contributed by atoms with E-state index in [1.165, 1.54) is 19.3 Å². The minimum Gasteiger partial charge on any atom is -0.352 e. The maximum absolute atomic E-state index is 12.4. The highest BCUT2D eigenvalue weighted by Crippen LogP contribution is 2.25. The minimum atomic E-state index is -0.0199. The quantitative estimate of drug-likeness (QED) is 0.834. The highest BCUT2D eigenvalue weighted by atomic mass is 35.5. The number of amides is 1. The molecule has 0 aromatic heterocycles. The summed E-state index contributed by atoms with van der Waals surface area (Å²) in [6.07, 6.45) is 7.27. The van der Waals surface area contributed by atoms with Gasteiger partial charge in [-0.25, -0.2) is 0 Å². The van der Waals surface area contributed by atoms with Gasteiger partial charge in [0.05, 0.1) is 6.04 Å². The topological polar surface area (TPSA) is 58.4 Å². The van der Waals surface area contributed by atoms with Gasteiger partial charge in [-0.05, 0) is 45.6 Å². The number of nitrogens with zero attached hydrogens (tertiary/aromatic N) is 1. The number of halogens is 1. The molecule has 20 heavy (non-hydrogen) atoms. The van der Waals surface area contributed by atoms with E-state index in [-0.39, 0.29) is 24.4 Å². The summed E-state index contributed by atoms with van der Waals surface area (Å²) >= 11 is 0. The standard InChI is InChI=1S/C15H29N3O.ClH/c1-11-8-13(9-16)10-18(11)12(2)15(19)17-14-6-4-3-5-7-14;/h11-14H,3-10,16H2,1-2H3,(H,17,19);1H. The van der Waals surface area contributed by atoms with Gasteiger partial charge in [0.1, 0.15) is 0 Å². The second-order valence-electron chi connectivity index (χ2n) is 6.40. The lowest BCUT2D eigenvalue weighted by molar-refractivity contribution is -0.127. The van der Waals surface area contributed by atoms with Crippen molar-refractivity contribution in [2.75, 3.05) is 13.1 Å². The Hall–Kier alpha value is -0.320. The van der Waals surface area contributed by atoms with E-state index in [1.807, 2.05) is 6.92 Å². The summed E-state index contributed by atoms with van der Waals surface area (Å²) in [5.74, 6) is 0.761. The predicted octanol–water partition coefficient (Wildman–Crippen LogP) is 1.91. The van der Waals surface area contributed by atoms with Crippen molar-refractivity contribution in [3.63, 3.8) is 0 Å². The fourth-order valence-electron chi connectivity index (χ4n) is 3.60. The molecule has 0 aromatic rings. The Balaban J connectivity index is 0.00000200. The van der Waals surface area contributed by atoms with Gasteiger partial charge in [-0.2, -0.15) is 0 Å². The fourth-order valence-corrected chi connectivity index (χ4v) is 3.60. The number of nitrogens with one attached hydrogen (secondary N) is 1. The fraction of sp³-hybridized carbons (Fsp3) is 0.933. The van der Waals surface area contributed by atoms with Crippen molar-refractivity contribution in [2.45, 2.75) is 70.5 Å². The summed E-state index contributed by atoms with van der Waals surface area (Å²) in [5.41, 5.74) is 5.76. The van der Waals surface area contributed by atoms with Crippen molar-refractivity contribution < 1.29 is 4.79 Å². The van der Waals surface area contributed by atoms with E-state index >= 15 is 0 Å². The average Bonchev–Trinajstić information content (AvgIpc) is 2.80. The van der Waals surface area contributed by atoms with Gasteiger partial charge in [0.2, 0.25) is 5.91 Å². The molecular weight excluding hydrogens is 274 g/mol. The van der Waals surface area contributed by atoms with Gasteiger partial charge in [0, 0.05) is 18.6 Å². The van der Waals surface area contributed by atoms with Gasteiger partial charge in [-0.15, -0.1) is 12.4 Å². The van der Waals surface area contributed by atoms with Crippen molar-refractivity contribution >= 4 is 18.3 Å². The van der Waals surface area contributed by atoms with Gasteiger partial charge in [-0.3, -0.25) is 9.69 Å². The Morgan fingerprint density at radius 1 is 1.35 bits per heavy atom. The van der Waals surface area contributed by atoms with Gasteiger partial charge < -0.3 is 11.1 Å². The smallest absolute Gasteiger partial charge is 0.237 e. The van der Waals surface area contributed by atoms with E-state index in [0.29, 0.717) is 18.0 Å². The van der Waals surface area contributed by atoms with Crippen LogP contribution in [0.5, 0.6) is 0 Å². The molecule has 5 heteroatoms. The number of hydrogen-bond donors (Lipinski definition) is 2. The molecule has 0 radical (unpaired) electrons. The van der Waals surface area contributed by atoms with Crippen LogP contribution in [0, 0.1) is 5.92 Å². The van der Waals surface area contributed by atoms with Crippen molar-refractivity contribution in [3.05, 3.63) is 0 Å². The predicted molar refractivity (Wildman–Crippen MR) is 85.1 cm³/mol. The molecule has 3 N–H and O–H groups in total. The molecule has 1 heterocycles. The highest BCUT2D eigenvalue weighted by molar-refractivity contribution is 5.85. The number of carbonyl (C=O) groups excluding carboxylic acids is 1. The highest BCUT2D eigenvalue weighted by Gasteiger charge is 2.34. The summed E-state index contributed by atoms with van der Waals surface area (Å²) in [6, 6.07) is 0.862. The van der Waals surface area contributed by atoms with Crippen LogP contribution in [-0.2, 0) is 4.79 Å². The van der Waals surface area contributed by atoms with E-state index in [9.17, 15) is 4.79 Å². The molecule has 1 aliphatic carbocycles. The first kappa shape index (κ1) is 17.7. The van der Waals surface area contributed by atoms with Crippen LogP contribution >= 0.6 is 12.4 Å². The first-order valence-corrected chi connectivity index (χ1v) is 7.88. The molecule has 2 fully saturated rings. The molecule has 2 rings (SSSR count). The molecule has 1 saturated carbocycles. The zero-order chi connectivity index (χ0) is 13.8. The summed E-state index contributed by atoms with van der Waals surface area (Å²) < 4.78 is 0. The molecule has 0 bridgehead atoms. The lowest BCUT2D eigenvalue weighted by atomic mass is 9.95. The van der Waals surface area contributed by atoms with Crippen LogP contribution in [0.1, 0.15) is 52.4 Å². The zero-order valence-electron chi connectivity index (χ0n) is 12.8. The van der Waals surface area contributed by atoms with E-state index < -0.39 is 0 Å². The summed E-state index contributed by atoms with van der Waals surface area (Å²) in [6.45, 7) is 5.95. The number of hydrogen-bond acceptors (Lipinski definition) is 3. The second-order valence-corrected chi connectivity index (χ2v) is 6.40. The van der Waals surface area contributed by atoms with Crippen molar-refractivity contribution in [1.82, 2.24) is 10.2 Å². The Morgan fingerprint density at radius 2 is 2.00 bits per heavy atom. The Kier molecular flexibility index (Phi) is 7.27. The normalized spacial score (nSPS) is 29.8. The van der Waals surface area contributed by atoms with Crippen molar-refractivity contribution in [1.29, 1.82) is 0 Å². The number of nitrogens with two attached hydrogens (primary N) is 1. The van der Waals surface area contributed by atoms with E-state index in [4.69, 9.17) is 5.73 Å². The molecule has 2 aliphatic rings. The van der Waals surface area contributed by atoms with Crippen LogP contribution in [0.25, 0.3) is 0 Å². The van der Waals surface area contributed by atoms with Gasteiger partial charge in [0.25, 0.3) is 0 Å². The molecule has 1 amide bonds. The first-order valence-electron chi connectivity index (χ1n) is 7.88.